The number of hydrogen-bond acceptors (Lipinski definition) is 0. The lowest BCUT2D eigenvalue weighted by Crippen LogP contribution is -1.36. The van der Waals surface area contributed by atoms with Gasteiger partial charge < -0.3 is 0 Å². The second-order valence-electron chi connectivity index (χ2n) is 3.50. The van der Waals surface area contributed by atoms with Crippen LogP contribution in [0, 0.1) is 0 Å². The van der Waals surface area contributed by atoms with Crippen LogP contribution in [0.4, 0.5) is 0 Å². The molecule has 0 aromatic rings. The van der Waals surface area contributed by atoms with Gasteiger partial charge in [0.25, 0.3) is 0 Å². The number of allylic oxidation sites excluding steroid dienone is 3. The van der Waals surface area contributed by atoms with E-state index >= 15 is 0 Å². The second-order valence-corrected chi connectivity index (χ2v) is 3.50. The molecule has 0 fully saturated rings. The third-order valence-corrected chi connectivity index (χ3v) is 0.866. The molecule has 0 bridgehead atoms. The summed E-state index contributed by atoms with van der Waals surface area (Å²) in [5.41, 5.74) is 0. The van der Waals surface area contributed by atoms with E-state index in [1.54, 1.807) is 0 Å². The zero-order valence-corrected chi connectivity index (χ0v) is 14.4. The minimum absolute atomic E-state index is 0. The average Bonchev–Trinajstić information content (AvgIpc) is 2.40. The zero-order valence-electron chi connectivity index (χ0n) is 14.4. The Labute approximate surface area is 134 Å². The van der Waals surface area contributed by atoms with Crippen molar-refractivity contribution in [3.05, 3.63) is 38.0 Å². The minimum atomic E-state index is 0. The molecule has 0 aromatic heterocycles. The molecule has 0 nitrogen and oxygen atoms in total. The normalized spacial score (nSPS) is 5.55. The van der Waals surface area contributed by atoms with Crippen molar-refractivity contribution in [1.29, 1.82) is 0 Å². The Bertz CT molecular complexity index is 79.6. The molecule has 0 N–H and O–H groups in total. The Kier molecular flexibility index (Phi) is 221. The van der Waals surface area contributed by atoms with Gasteiger partial charge in [-0.1, -0.05) is 94.4 Å². The lowest BCUT2D eigenvalue weighted by Gasteiger charge is -1.57. The molecule has 0 rings (SSSR count). The van der Waals surface area contributed by atoms with Crippen LogP contribution < -0.4 is 0 Å². The lowest BCUT2D eigenvalue weighted by atomic mass is 10.5. The van der Waals surface area contributed by atoms with E-state index < -0.39 is 0 Å². The molecule has 0 aromatic carbocycles. The van der Waals surface area contributed by atoms with Crippen LogP contribution in [0.1, 0.15) is 95.4 Å². The van der Waals surface area contributed by atoms with Gasteiger partial charge in [0.1, 0.15) is 0 Å². The van der Waals surface area contributed by atoms with Crippen molar-refractivity contribution in [3.8, 4) is 0 Å². The monoisotopic (exact) mass is 288 g/mol. The highest BCUT2D eigenvalue weighted by Crippen LogP contribution is 1.67. The molecule has 128 valence electrons. The van der Waals surface area contributed by atoms with Crippen LogP contribution >= 0.6 is 0 Å². The largest absolute Gasteiger partial charge is 0.103 e. The van der Waals surface area contributed by atoms with Gasteiger partial charge in [0, 0.05) is 0 Å². The number of hydrogen-bond donors (Lipinski definition) is 0. The summed E-state index contributed by atoms with van der Waals surface area (Å²) in [6.45, 7) is 25.1. The molecule has 0 heterocycles. The highest BCUT2D eigenvalue weighted by molar-refractivity contribution is 4.60. The Balaban J connectivity index is -0.0000000207. The smallest absolute Gasteiger partial charge is 0.0382 e. The minimum Gasteiger partial charge on any atom is -0.103 e. The molecule has 0 unspecified atom stereocenters. The summed E-state index contributed by atoms with van der Waals surface area (Å²) in [5.74, 6) is 0. The summed E-state index contributed by atoms with van der Waals surface area (Å²) in [7, 11) is 0. The molecule has 0 aliphatic heterocycles. The van der Waals surface area contributed by atoms with E-state index in [0.717, 1.165) is 19.3 Å². The lowest BCUT2D eigenvalue weighted by molar-refractivity contribution is 1.09. The van der Waals surface area contributed by atoms with Crippen molar-refractivity contribution in [2.75, 3.05) is 0 Å². The van der Waals surface area contributed by atoms with Gasteiger partial charge >= 0.3 is 0 Å². The molecular formula is C20H48. The van der Waals surface area contributed by atoms with E-state index in [1.165, 1.54) is 12.8 Å². The molecule has 0 atom stereocenters. The van der Waals surface area contributed by atoms with E-state index in [4.69, 9.17) is 0 Å². The van der Waals surface area contributed by atoms with Gasteiger partial charge in [-0.2, -0.15) is 0 Å². The SMILES string of the molecule is C.C.C=CCC.C=CCC.C=CCC.CCC.CCC. The van der Waals surface area contributed by atoms with E-state index in [1.807, 2.05) is 18.2 Å². The van der Waals surface area contributed by atoms with Crippen molar-refractivity contribution >= 4 is 0 Å². The quantitative estimate of drug-likeness (QED) is 0.455. The Morgan fingerprint density at radius 3 is 0.550 bits per heavy atom. The van der Waals surface area contributed by atoms with Crippen LogP contribution in [0.3, 0.4) is 0 Å². The van der Waals surface area contributed by atoms with Crippen LogP contribution in [0.15, 0.2) is 38.0 Å². The first kappa shape index (κ1) is 42.7. The maximum Gasteiger partial charge on any atom is -0.0382 e. The van der Waals surface area contributed by atoms with Gasteiger partial charge in [-0.3, -0.25) is 0 Å². The van der Waals surface area contributed by atoms with Crippen molar-refractivity contribution in [1.82, 2.24) is 0 Å². The van der Waals surface area contributed by atoms with Gasteiger partial charge in [0.05, 0.1) is 0 Å². The molecule has 0 saturated carbocycles. The molecule has 0 heteroatoms. The van der Waals surface area contributed by atoms with Gasteiger partial charge in [-0.15, -0.1) is 19.7 Å². The summed E-state index contributed by atoms with van der Waals surface area (Å²) in [6.07, 6.45) is 11.4. The first-order chi connectivity index (χ1) is 8.57. The third-order valence-electron chi connectivity index (χ3n) is 0.866. The predicted molar refractivity (Wildman–Crippen MR) is 107 cm³/mol. The maximum absolute atomic E-state index is 3.48. The van der Waals surface area contributed by atoms with E-state index in [0.29, 0.717) is 0 Å². The first-order valence-electron chi connectivity index (χ1n) is 7.40. The van der Waals surface area contributed by atoms with Crippen LogP contribution in [-0.4, -0.2) is 0 Å². The summed E-state index contributed by atoms with van der Waals surface area (Å²) in [6, 6.07) is 0. The molecule has 0 radical (unpaired) electrons. The van der Waals surface area contributed by atoms with Crippen molar-refractivity contribution in [3.63, 3.8) is 0 Å². The first-order valence-corrected chi connectivity index (χ1v) is 7.40. The number of rotatable bonds is 3. The highest BCUT2D eigenvalue weighted by Gasteiger charge is 1.46. The highest BCUT2D eigenvalue weighted by atomic mass is 13.5. The summed E-state index contributed by atoms with van der Waals surface area (Å²) in [4.78, 5) is 0. The molecule has 0 spiro atoms. The van der Waals surface area contributed by atoms with Crippen LogP contribution in [0.2, 0.25) is 0 Å². The van der Waals surface area contributed by atoms with E-state index in [2.05, 4.69) is 68.2 Å². The second kappa shape index (κ2) is 104. The maximum atomic E-state index is 3.48. The third kappa shape index (κ3) is 919. The molecule has 0 aliphatic carbocycles. The average molecular weight is 289 g/mol. The van der Waals surface area contributed by atoms with Gasteiger partial charge in [0.15, 0.2) is 0 Å². The summed E-state index contributed by atoms with van der Waals surface area (Å²) in [5, 5.41) is 0. The molecule has 0 saturated heterocycles. The van der Waals surface area contributed by atoms with E-state index in [-0.39, 0.29) is 14.9 Å². The summed E-state index contributed by atoms with van der Waals surface area (Å²) >= 11 is 0. The Morgan fingerprint density at radius 2 is 0.550 bits per heavy atom. The topological polar surface area (TPSA) is 0 Å². The Hall–Kier alpha value is -0.780. The van der Waals surface area contributed by atoms with Gasteiger partial charge in [-0.05, 0) is 19.3 Å². The zero-order chi connectivity index (χ0) is 15.7. The fraction of sp³-hybridized carbons (Fsp3) is 0.700. The summed E-state index contributed by atoms with van der Waals surface area (Å²) < 4.78 is 0. The molecule has 0 amide bonds. The van der Waals surface area contributed by atoms with Crippen LogP contribution in [0.25, 0.3) is 0 Å². The standard InChI is InChI=1S/3C4H8.2C3H8.2CH4/c3*1-3-4-2;2*1-3-2;;/h3*3H,1,4H2,2H3;2*3H2,1-2H3;2*1H4. The van der Waals surface area contributed by atoms with Crippen LogP contribution in [-0.2, 0) is 0 Å². The van der Waals surface area contributed by atoms with Crippen molar-refractivity contribution in [2.45, 2.75) is 95.4 Å². The van der Waals surface area contributed by atoms with Crippen molar-refractivity contribution in [2.24, 2.45) is 0 Å². The Morgan fingerprint density at radius 1 is 0.500 bits per heavy atom. The molecule has 20 heavy (non-hydrogen) atoms. The van der Waals surface area contributed by atoms with E-state index in [9.17, 15) is 0 Å². The predicted octanol–water partition coefficient (Wildman–Crippen LogP) is 8.85. The molecular weight excluding hydrogens is 240 g/mol. The van der Waals surface area contributed by atoms with Gasteiger partial charge in [-0.25, -0.2) is 0 Å². The van der Waals surface area contributed by atoms with Crippen molar-refractivity contribution < 1.29 is 0 Å². The fourth-order valence-electron chi connectivity index (χ4n) is 0. The van der Waals surface area contributed by atoms with Gasteiger partial charge in [0.2, 0.25) is 0 Å². The molecule has 0 aliphatic rings. The van der Waals surface area contributed by atoms with Crippen LogP contribution in [0.5, 0.6) is 0 Å². The fourth-order valence-corrected chi connectivity index (χ4v) is 0.